The smallest absolute Gasteiger partial charge is 0.0351 e. The number of allylic oxidation sites excluding steroid dienone is 2. The maximum atomic E-state index is 2.42. The van der Waals surface area contributed by atoms with Gasteiger partial charge in [0, 0.05) is 0 Å². The predicted octanol–water partition coefficient (Wildman–Crippen LogP) is 9.77. The number of rotatable bonds is 21. The molecule has 0 bridgehead atoms. The highest BCUT2D eigenvalue weighted by atomic mass is 14.0. The molecule has 0 unspecified atom stereocenters. The van der Waals surface area contributed by atoms with Crippen molar-refractivity contribution in [3.8, 4) is 0 Å². The quantitative estimate of drug-likeness (QED) is 0.143. The van der Waals surface area contributed by atoms with Gasteiger partial charge in [-0.2, -0.15) is 0 Å². The van der Waals surface area contributed by atoms with E-state index in [0.717, 1.165) is 0 Å². The summed E-state index contributed by atoms with van der Waals surface area (Å²) >= 11 is 0. The molecule has 25 heavy (non-hydrogen) atoms. The lowest BCUT2D eigenvalue weighted by atomic mass is 10.0. The zero-order valence-electron chi connectivity index (χ0n) is 18.0. The van der Waals surface area contributed by atoms with E-state index < -0.39 is 0 Å². The predicted molar refractivity (Wildman–Crippen MR) is 117 cm³/mol. The van der Waals surface area contributed by atoms with Gasteiger partial charge < -0.3 is 0 Å². The van der Waals surface area contributed by atoms with Crippen molar-refractivity contribution in [2.24, 2.45) is 0 Å². The van der Waals surface area contributed by atoms with Crippen LogP contribution in [0.4, 0.5) is 0 Å². The first-order valence-corrected chi connectivity index (χ1v) is 12.1. The highest BCUT2D eigenvalue weighted by molar-refractivity contribution is 4.81. The molecule has 0 aliphatic rings. The molecule has 0 heterocycles. The van der Waals surface area contributed by atoms with Crippen LogP contribution in [0.25, 0.3) is 0 Å². The van der Waals surface area contributed by atoms with Crippen LogP contribution in [0.2, 0.25) is 0 Å². The lowest BCUT2D eigenvalue weighted by Crippen LogP contribution is -1.83. The molecule has 0 saturated carbocycles. The largest absolute Gasteiger partial charge is 0.0885 e. The third-order valence-electron chi connectivity index (χ3n) is 5.37. The maximum Gasteiger partial charge on any atom is -0.0351 e. The Morgan fingerprint density at radius 2 is 0.560 bits per heavy atom. The Hall–Kier alpha value is -0.260. The molecule has 0 N–H and O–H groups in total. The summed E-state index contributed by atoms with van der Waals surface area (Å²) in [4.78, 5) is 0. The molecule has 0 nitrogen and oxygen atoms in total. The number of hydrogen-bond donors (Lipinski definition) is 0. The number of hydrogen-bond acceptors (Lipinski definition) is 0. The molecule has 0 amide bonds. The molecule has 0 fully saturated rings. The van der Waals surface area contributed by atoms with Gasteiger partial charge in [-0.1, -0.05) is 135 Å². The molecule has 0 atom stereocenters. The second-order valence-electron chi connectivity index (χ2n) is 8.06. The van der Waals surface area contributed by atoms with Gasteiger partial charge in [0.25, 0.3) is 0 Å². The van der Waals surface area contributed by atoms with Gasteiger partial charge in [-0.15, -0.1) is 0 Å². The van der Waals surface area contributed by atoms with E-state index in [2.05, 4.69) is 26.0 Å². The standard InChI is InChI=1S/C25H50/c1-3-5-7-9-11-13-15-17-19-21-23-25-24-22-20-18-16-14-12-10-8-6-4-2/h13,15H,3-12,14,16-25H2,1-2H3. The highest BCUT2D eigenvalue weighted by Crippen LogP contribution is 2.14. The molecule has 0 aromatic carbocycles. The van der Waals surface area contributed by atoms with Gasteiger partial charge in [-0.25, -0.2) is 0 Å². The van der Waals surface area contributed by atoms with Crippen LogP contribution < -0.4 is 0 Å². The van der Waals surface area contributed by atoms with Crippen molar-refractivity contribution in [2.75, 3.05) is 0 Å². The first kappa shape index (κ1) is 24.7. The molecule has 0 aromatic heterocycles. The summed E-state index contributed by atoms with van der Waals surface area (Å²) in [5, 5.41) is 0. The minimum absolute atomic E-state index is 1.30. The van der Waals surface area contributed by atoms with E-state index in [0.29, 0.717) is 0 Å². The monoisotopic (exact) mass is 350 g/mol. The molecular weight excluding hydrogens is 300 g/mol. The molecule has 0 aromatic rings. The minimum Gasteiger partial charge on any atom is -0.0885 e. The third kappa shape index (κ3) is 23.7. The van der Waals surface area contributed by atoms with Crippen LogP contribution in [0.5, 0.6) is 0 Å². The van der Waals surface area contributed by atoms with Crippen molar-refractivity contribution < 1.29 is 0 Å². The Bertz CT molecular complexity index is 240. The van der Waals surface area contributed by atoms with E-state index in [-0.39, 0.29) is 0 Å². The van der Waals surface area contributed by atoms with E-state index in [1.54, 1.807) is 0 Å². The van der Waals surface area contributed by atoms with Crippen LogP contribution in [0.15, 0.2) is 12.2 Å². The molecule has 0 rings (SSSR count). The SMILES string of the molecule is CCCCCCC=CCCCCCCCCCCCCCCCCC. The second kappa shape index (κ2) is 23.7. The van der Waals surface area contributed by atoms with Gasteiger partial charge in [-0.3, -0.25) is 0 Å². The lowest BCUT2D eigenvalue weighted by Gasteiger charge is -2.03. The molecular formula is C25H50. The van der Waals surface area contributed by atoms with Crippen molar-refractivity contribution in [1.29, 1.82) is 0 Å². The van der Waals surface area contributed by atoms with Crippen molar-refractivity contribution in [3.63, 3.8) is 0 Å². The Morgan fingerprint density at radius 1 is 0.320 bits per heavy atom. The highest BCUT2D eigenvalue weighted by Gasteiger charge is 1.94. The molecule has 0 saturated heterocycles. The Labute approximate surface area is 161 Å². The van der Waals surface area contributed by atoms with Crippen molar-refractivity contribution in [2.45, 2.75) is 149 Å². The second-order valence-corrected chi connectivity index (χ2v) is 8.06. The van der Waals surface area contributed by atoms with Gasteiger partial charge in [0.1, 0.15) is 0 Å². The van der Waals surface area contributed by atoms with E-state index in [4.69, 9.17) is 0 Å². The summed E-state index contributed by atoms with van der Waals surface area (Å²) in [5.41, 5.74) is 0. The average Bonchev–Trinajstić information content (AvgIpc) is 2.63. The van der Waals surface area contributed by atoms with E-state index in [1.807, 2.05) is 0 Å². The summed E-state index contributed by atoms with van der Waals surface area (Å²) in [5.74, 6) is 0. The van der Waals surface area contributed by atoms with Gasteiger partial charge in [0.05, 0.1) is 0 Å². The lowest BCUT2D eigenvalue weighted by molar-refractivity contribution is 0.533. The topological polar surface area (TPSA) is 0 Å². The molecule has 0 radical (unpaired) electrons. The Balaban J connectivity index is 3.01. The van der Waals surface area contributed by atoms with Crippen LogP contribution >= 0.6 is 0 Å². The summed E-state index contributed by atoms with van der Waals surface area (Å²) in [6.07, 6.45) is 34.9. The van der Waals surface area contributed by atoms with E-state index >= 15 is 0 Å². The minimum atomic E-state index is 1.30. The fourth-order valence-corrected chi connectivity index (χ4v) is 3.56. The Morgan fingerprint density at radius 3 is 0.880 bits per heavy atom. The van der Waals surface area contributed by atoms with E-state index in [9.17, 15) is 0 Å². The molecule has 150 valence electrons. The first-order chi connectivity index (χ1) is 12.4. The summed E-state index contributed by atoms with van der Waals surface area (Å²) in [6.45, 7) is 4.58. The first-order valence-electron chi connectivity index (χ1n) is 12.1. The number of unbranched alkanes of at least 4 members (excludes halogenated alkanes) is 19. The molecule has 0 aliphatic carbocycles. The summed E-state index contributed by atoms with van der Waals surface area (Å²) < 4.78 is 0. The maximum absolute atomic E-state index is 2.42. The zero-order valence-corrected chi connectivity index (χ0v) is 18.0. The van der Waals surface area contributed by atoms with Crippen molar-refractivity contribution >= 4 is 0 Å². The Kier molecular flexibility index (Phi) is 23.5. The molecule has 0 spiro atoms. The zero-order chi connectivity index (χ0) is 18.3. The van der Waals surface area contributed by atoms with Crippen molar-refractivity contribution in [1.82, 2.24) is 0 Å². The van der Waals surface area contributed by atoms with Crippen molar-refractivity contribution in [3.05, 3.63) is 12.2 Å². The van der Waals surface area contributed by atoms with Crippen LogP contribution in [0.3, 0.4) is 0 Å². The van der Waals surface area contributed by atoms with Gasteiger partial charge in [0.2, 0.25) is 0 Å². The third-order valence-corrected chi connectivity index (χ3v) is 5.37. The van der Waals surface area contributed by atoms with Gasteiger partial charge >= 0.3 is 0 Å². The molecule has 0 heteroatoms. The summed E-state index contributed by atoms with van der Waals surface area (Å²) in [7, 11) is 0. The fraction of sp³-hybridized carbons (Fsp3) is 0.920. The molecule has 0 aliphatic heterocycles. The van der Waals surface area contributed by atoms with Crippen LogP contribution in [0.1, 0.15) is 149 Å². The van der Waals surface area contributed by atoms with Crippen LogP contribution in [-0.2, 0) is 0 Å². The average molecular weight is 351 g/mol. The van der Waals surface area contributed by atoms with E-state index in [1.165, 1.54) is 135 Å². The van der Waals surface area contributed by atoms with Crippen LogP contribution in [-0.4, -0.2) is 0 Å². The normalized spacial score (nSPS) is 11.6. The van der Waals surface area contributed by atoms with Gasteiger partial charge in [-0.05, 0) is 25.7 Å². The fourth-order valence-electron chi connectivity index (χ4n) is 3.56. The van der Waals surface area contributed by atoms with Crippen LogP contribution in [0, 0.1) is 0 Å². The van der Waals surface area contributed by atoms with Gasteiger partial charge in [0.15, 0.2) is 0 Å². The summed E-state index contributed by atoms with van der Waals surface area (Å²) in [6, 6.07) is 0.